The molecule has 0 aliphatic heterocycles. The molecule has 0 atom stereocenters. The fourth-order valence-electron chi connectivity index (χ4n) is 1.54. The third-order valence-corrected chi connectivity index (χ3v) is 2.53. The lowest BCUT2D eigenvalue weighted by Gasteiger charge is -2.09. The van der Waals surface area contributed by atoms with Crippen molar-refractivity contribution < 1.29 is 14.3 Å². The number of benzene rings is 1. The summed E-state index contributed by atoms with van der Waals surface area (Å²) in [6.45, 7) is -0.137. The summed E-state index contributed by atoms with van der Waals surface area (Å²) < 4.78 is 10.3. The molecule has 0 spiro atoms. The van der Waals surface area contributed by atoms with Crippen LogP contribution in [0.3, 0.4) is 0 Å². The predicted octanol–water partition coefficient (Wildman–Crippen LogP) is 1.69. The second-order valence-electron chi connectivity index (χ2n) is 3.95. The highest BCUT2D eigenvalue weighted by Crippen LogP contribution is 2.17. The molecule has 0 unspecified atom stereocenters. The van der Waals surface area contributed by atoms with Gasteiger partial charge in [-0.1, -0.05) is 0 Å². The molecule has 6 nitrogen and oxygen atoms in total. The van der Waals surface area contributed by atoms with E-state index < -0.39 is 0 Å². The molecule has 1 heterocycles. The van der Waals surface area contributed by atoms with Crippen molar-refractivity contribution in [1.82, 2.24) is 4.98 Å². The van der Waals surface area contributed by atoms with Crippen molar-refractivity contribution in [2.45, 2.75) is 0 Å². The Morgan fingerprint density at radius 3 is 2.70 bits per heavy atom. The van der Waals surface area contributed by atoms with Gasteiger partial charge in [0.2, 0.25) is 0 Å². The lowest BCUT2D eigenvalue weighted by Crippen LogP contribution is -2.20. The first-order chi connectivity index (χ1) is 9.69. The monoisotopic (exact) mass is 273 g/mol. The molecule has 1 aromatic carbocycles. The van der Waals surface area contributed by atoms with Gasteiger partial charge in [0.05, 0.1) is 7.11 Å². The van der Waals surface area contributed by atoms with Crippen molar-refractivity contribution in [3.05, 3.63) is 42.6 Å². The average molecular weight is 273 g/mol. The van der Waals surface area contributed by atoms with Gasteiger partial charge in [0.15, 0.2) is 18.2 Å². The highest BCUT2D eigenvalue weighted by atomic mass is 16.5. The summed E-state index contributed by atoms with van der Waals surface area (Å²) in [7, 11) is 1.58. The molecule has 1 amide bonds. The maximum Gasteiger partial charge on any atom is 0.262 e. The molecule has 1 aromatic heterocycles. The van der Waals surface area contributed by atoms with Crippen LogP contribution in [0.25, 0.3) is 0 Å². The van der Waals surface area contributed by atoms with Crippen LogP contribution in [-0.4, -0.2) is 24.6 Å². The lowest BCUT2D eigenvalue weighted by molar-refractivity contribution is -0.118. The zero-order chi connectivity index (χ0) is 14.4. The minimum absolute atomic E-state index is 0.137. The summed E-state index contributed by atoms with van der Waals surface area (Å²) in [6, 6.07) is 10.4. The Labute approximate surface area is 116 Å². The van der Waals surface area contributed by atoms with Gasteiger partial charge in [0, 0.05) is 11.9 Å². The van der Waals surface area contributed by atoms with Gasteiger partial charge < -0.3 is 20.5 Å². The van der Waals surface area contributed by atoms with Gasteiger partial charge in [0.1, 0.15) is 5.75 Å². The molecule has 6 heteroatoms. The molecular formula is C14H15N3O3. The quantitative estimate of drug-likeness (QED) is 0.865. The normalized spacial score (nSPS) is 9.85. The molecule has 104 valence electrons. The molecule has 0 saturated carbocycles. The molecule has 2 aromatic rings. The minimum atomic E-state index is -0.279. The second kappa shape index (κ2) is 6.42. The number of nitrogens with zero attached hydrogens (tertiary/aromatic N) is 1. The molecule has 2 rings (SSSR count). The molecular weight excluding hydrogens is 258 g/mol. The number of nitrogens with two attached hydrogens (primary N) is 1. The SMILES string of the molecule is COc1ccc(NC(=O)COc2cccnc2N)cc1. The molecule has 0 radical (unpaired) electrons. The van der Waals surface area contributed by atoms with E-state index in [-0.39, 0.29) is 18.3 Å². The molecule has 0 fully saturated rings. The zero-order valence-corrected chi connectivity index (χ0v) is 11.0. The van der Waals surface area contributed by atoms with Gasteiger partial charge in [-0.05, 0) is 36.4 Å². The van der Waals surface area contributed by atoms with E-state index in [1.807, 2.05) is 0 Å². The maximum absolute atomic E-state index is 11.7. The number of ether oxygens (including phenoxy) is 2. The van der Waals surface area contributed by atoms with Crippen molar-refractivity contribution in [2.75, 3.05) is 24.8 Å². The standard InChI is InChI=1S/C14H15N3O3/c1-19-11-6-4-10(5-7-11)17-13(18)9-20-12-3-2-8-16-14(12)15/h2-8H,9H2,1H3,(H2,15,16)(H,17,18). The number of anilines is 2. The number of nitrogen functional groups attached to an aromatic ring is 1. The Balaban J connectivity index is 1.87. The number of nitrogens with one attached hydrogen (secondary N) is 1. The summed E-state index contributed by atoms with van der Waals surface area (Å²) in [5, 5.41) is 2.70. The van der Waals surface area contributed by atoms with E-state index in [2.05, 4.69) is 10.3 Å². The molecule has 20 heavy (non-hydrogen) atoms. The molecule has 0 saturated heterocycles. The van der Waals surface area contributed by atoms with E-state index >= 15 is 0 Å². The first-order valence-electron chi connectivity index (χ1n) is 5.96. The first kappa shape index (κ1) is 13.7. The van der Waals surface area contributed by atoms with Crippen LogP contribution in [0.1, 0.15) is 0 Å². The van der Waals surface area contributed by atoms with Crippen molar-refractivity contribution in [1.29, 1.82) is 0 Å². The van der Waals surface area contributed by atoms with Crippen molar-refractivity contribution in [2.24, 2.45) is 0 Å². The molecule has 0 bridgehead atoms. The van der Waals surface area contributed by atoms with Crippen molar-refractivity contribution in [3.8, 4) is 11.5 Å². The van der Waals surface area contributed by atoms with Gasteiger partial charge in [0.25, 0.3) is 5.91 Å². The number of rotatable bonds is 5. The van der Waals surface area contributed by atoms with E-state index in [0.29, 0.717) is 11.4 Å². The summed E-state index contributed by atoms with van der Waals surface area (Å²) >= 11 is 0. The van der Waals surface area contributed by atoms with Crippen molar-refractivity contribution >= 4 is 17.4 Å². The van der Waals surface area contributed by atoms with Crippen LogP contribution in [-0.2, 0) is 4.79 Å². The van der Waals surface area contributed by atoms with Gasteiger partial charge >= 0.3 is 0 Å². The second-order valence-corrected chi connectivity index (χ2v) is 3.95. The largest absolute Gasteiger partial charge is 0.497 e. The number of hydrogen-bond donors (Lipinski definition) is 2. The fraction of sp³-hybridized carbons (Fsp3) is 0.143. The Morgan fingerprint density at radius 1 is 1.30 bits per heavy atom. The van der Waals surface area contributed by atoms with Crippen LogP contribution >= 0.6 is 0 Å². The summed E-state index contributed by atoms with van der Waals surface area (Å²) in [6.07, 6.45) is 1.56. The van der Waals surface area contributed by atoms with Crippen LogP contribution < -0.4 is 20.5 Å². The number of carbonyl (C=O) groups is 1. The summed E-state index contributed by atoms with van der Waals surface area (Å²) in [5.41, 5.74) is 6.27. The minimum Gasteiger partial charge on any atom is -0.497 e. The number of carbonyl (C=O) groups excluding carboxylic acids is 1. The number of aromatic nitrogens is 1. The third kappa shape index (κ3) is 3.61. The van der Waals surface area contributed by atoms with E-state index in [0.717, 1.165) is 5.75 Å². The van der Waals surface area contributed by atoms with Gasteiger partial charge in [-0.25, -0.2) is 4.98 Å². The fourth-order valence-corrected chi connectivity index (χ4v) is 1.54. The number of pyridine rings is 1. The Morgan fingerprint density at radius 2 is 2.05 bits per heavy atom. The third-order valence-electron chi connectivity index (χ3n) is 2.53. The van der Waals surface area contributed by atoms with Gasteiger partial charge in [-0.3, -0.25) is 4.79 Å². The van der Waals surface area contributed by atoms with Crippen LogP contribution in [0, 0.1) is 0 Å². The maximum atomic E-state index is 11.7. The average Bonchev–Trinajstić information content (AvgIpc) is 2.47. The number of methoxy groups -OCH3 is 1. The van der Waals surface area contributed by atoms with Crippen LogP contribution in [0.4, 0.5) is 11.5 Å². The van der Waals surface area contributed by atoms with Crippen LogP contribution in [0.15, 0.2) is 42.6 Å². The predicted molar refractivity (Wildman–Crippen MR) is 75.8 cm³/mol. The number of amides is 1. The highest BCUT2D eigenvalue weighted by Gasteiger charge is 2.06. The lowest BCUT2D eigenvalue weighted by atomic mass is 10.3. The zero-order valence-electron chi connectivity index (χ0n) is 11.0. The van der Waals surface area contributed by atoms with Crippen LogP contribution in [0.5, 0.6) is 11.5 Å². The molecule has 3 N–H and O–H groups in total. The van der Waals surface area contributed by atoms with Crippen molar-refractivity contribution in [3.63, 3.8) is 0 Å². The van der Waals surface area contributed by atoms with Gasteiger partial charge in [-0.2, -0.15) is 0 Å². The van der Waals surface area contributed by atoms with Crippen LogP contribution in [0.2, 0.25) is 0 Å². The Bertz CT molecular complexity index is 584. The molecule has 0 aliphatic rings. The Hall–Kier alpha value is -2.76. The number of hydrogen-bond acceptors (Lipinski definition) is 5. The molecule has 0 aliphatic carbocycles. The van der Waals surface area contributed by atoms with E-state index in [1.54, 1.807) is 49.7 Å². The van der Waals surface area contributed by atoms with E-state index in [4.69, 9.17) is 15.2 Å². The van der Waals surface area contributed by atoms with Gasteiger partial charge in [-0.15, -0.1) is 0 Å². The van der Waals surface area contributed by atoms with E-state index in [9.17, 15) is 4.79 Å². The van der Waals surface area contributed by atoms with E-state index in [1.165, 1.54) is 0 Å². The summed E-state index contributed by atoms with van der Waals surface area (Å²) in [5.74, 6) is 1.09. The highest BCUT2D eigenvalue weighted by molar-refractivity contribution is 5.91. The summed E-state index contributed by atoms with van der Waals surface area (Å²) in [4.78, 5) is 15.6. The first-order valence-corrected chi connectivity index (χ1v) is 5.96. The Kier molecular flexibility index (Phi) is 4.39. The topological polar surface area (TPSA) is 86.5 Å². The smallest absolute Gasteiger partial charge is 0.262 e.